The van der Waals surface area contributed by atoms with Crippen LogP contribution in [0.4, 0.5) is 5.82 Å². The Kier molecular flexibility index (Phi) is 4.66. The highest BCUT2D eigenvalue weighted by atomic mass is 32.2. The Morgan fingerprint density at radius 3 is 2.43 bits per heavy atom. The molecular formula is C14H15N3O3S. The van der Waals surface area contributed by atoms with Gasteiger partial charge in [0.1, 0.15) is 5.82 Å². The van der Waals surface area contributed by atoms with Gasteiger partial charge in [-0.2, -0.15) is 0 Å². The van der Waals surface area contributed by atoms with Crippen molar-refractivity contribution in [1.82, 2.24) is 9.71 Å². The second-order valence-corrected chi connectivity index (χ2v) is 5.96. The summed E-state index contributed by atoms with van der Waals surface area (Å²) >= 11 is 0. The summed E-state index contributed by atoms with van der Waals surface area (Å²) in [6.45, 7) is 2.01. The Labute approximate surface area is 123 Å². The maximum atomic E-state index is 12.0. The second-order valence-electron chi connectivity index (χ2n) is 4.19. The number of benzene rings is 1. The molecule has 0 saturated heterocycles. The minimum atomic E-state index is -3.51. The zero-order valence-corrected chi connectivity index (χ0v) is 12.2. The molecule has 2 N–H and O–H groups in total. The Morgan fingerprint density at radius 2 is 1.86 bits per heavy atom. The molecule has 0 atom stereocenters. The van der Waals surface area contributed by atoms with E-state index in [2.05, 4.69) is 15.0 Å². The fourth-order valence-electron chi connectivity index (χ4n) is 1.68. The molecule has 0 aliphatic carbocycles. The normalized spacial score (nSPS) is 11.1. The van der Waals surface area contributed by atoms with E-state index in [1.54, 1.807) is 31.3 Å². The second kappa shape index (κ2) is 6.47. The number of pyridine rings is 1. The van der Waals surface area contributed by atoms with E-state index in [1.807, 2.05) is 0 Å². The van der Waals surface area contributed by atoms with Crippen LogP contribution in [-0.4, -0.2) is 25.9 Å². The summed E-state index contributed by atoms with van der Waals surface area (Å²) in [6.07, 6.45) is 1.57. The van der Waals surface area contributed by atoms with E-state index in [-0.39, 0.29) is 10.8 Å². The van der Waals surface area contributed by atoms with E-state index >= 15 is 0 Å². The van der Waals surface area contributed by atoms with Gasteiger partial charge in [0.15, 0.2) is 0 Å². The maximum Gasteiger partial charge on any atom is 0.256 e. The van der Waals surface area contributed by atoms with Gasteiger partial charge in [0, 0.05) is 18.3 Å². The first-order valence-electron chi connectivity index (χ1n) is 6.35. The van der Waals surface area contributed by atoms with Gasteiger partial charge in [0.05, 0.1) is 4.90 Å². The van der Waals surface area contributed by atoms with Gasteiger partial charge in [-0.25, -0.2) is 18.1 Å². The van der Waals surface area contributed by atoms with Gasteiger partial charge >= 0.3 is 0 Å². The van der Waals surface area contributed by atoms with E-state index in [0.717, 1.165) is 0 Å². The molecule has 0 fully saturated rings. The third kappa shape index (κ3) is 3.87. The van der Waals surface area contributed by atoms with Crippen molar-refractivity contribution in [3.05, 3.63) is 54.2 Å². The molecule has 0 bridgehead atoms. The van der Waals surface area contributed by atoms with Gasteiger partial charge in [-0.05, 0) is 36.4 Å². The number of hydrogen-bond acceptors (Lipinski definition) is 4. The van der Waals surface area contributed by atoms with Crippen molar-refractivity contribution in [3.63, 3.8) is 0 Å². The van der Waals surface area contributed by atoms with E-state index in [4.69, 9.17) is 0 Å². The standard InChI is InChI=1S/C14H15N3O3S/c1-2-16-21(19,20)12-8-6-11(7-9-12)14(18)17-13-5-3-4-10-15-13/h3-10,16H,2H2,1H3,(H,15,17,18). The molecule has 1 aromatic heterocycles. The molecule has 0 aliphatic heterocycles. The first-order chi connectivity index (χ1) is 10.0. The van der Waals surface area contributed by atoms with Crippen molar-refractivity contribution in [2.45, 2.75) is 11.8 Å². The predicted molar refractivity (Wildman–Crippen MR) is 79.5 cm³/mol. The molecule has 1 aromatic carbocycles. The molecule has 6 nitrogen and oxygen atoms in total. The van der Waals surface area contributed by atoms with Gasteiger partial charge in [0.2, 0.25) is 10.0 Å². The molecule has 2 rings (SSSR count). The Balaban J connectivity index is 2.14. The average molecular weight is 305 g/mol. The van der Waals surface area contributed by atoms with Crippen LogP contribution in [0.2, 0.25) is 0 Å². The number of rotatable bonds is 5. The van der Waals surface area contributed by atoms with Crippen molar-refractivity contribution in [1.29, 1.82) is 0 Å². The fraction of sp³-hybridized carbons (Fsp3) is 0.143. The van der Waals surface area contributed by atoms with Crippen LogP contribution in [0.15, 0.2) is 53.6 Å². The summed E-state index contributed by atoms with van der Waals surface area (Å²) in [6, 6.07) is 10.9. The van der Waals surface area contributed by atoms with Crippen molar-refractivity contribution in [2.75, 3.05) is 11.9 Å². The molecule has 0 radical (unpaired) electrons. The summed E-state index contributed by atoms with van der Waals surface area (Å²) in [5.41, 5.74) is 0.358. The largest absolute Gasteiger partial charge is 0.307 e. The van der Waals surface area contributed by atoms with Crippen molar-refractivity contribution in [2.24, 2.45) is 0 Å². The molecule has 21 heavy (non-hydrogen) atoms. The Morgan fingerprint density at radius 1 is 1.14 bits per heavy atom. The number of nitrogens with one attached hydrogen (secondary N) is 2. The highest BCUT2D eigenvalue weighted by molar-refractivity contribution is 7.89. The SMILES string of the molecule is CCNS(=O)(=O)c1ccc(C(=O)Nc2ccccn2)cc1. The van der Waals surface area contributed by atoms with Crippen molar-refractivity contribution in [3.8, 4) is 0 Å². The summed E-state index contributed by atoms with van der Waals surface area (Å²) in [5.74, 6) is 0.0907. The highest BCUT2D eigenvalue weighted by Crippen LogP contribution is 2.12. The van der Waals surface area contributed by atoms with Gasteiger partial charge in [-0.15, -0.1) is 0 Å². The maximum absolute atomic E-state index is 12.0. The smallest absolute Gasteiger partial charge is 0.256 e. The zero-order valence-electron chi connectivity index (χ0n) is 11.4. The number of nitrogens with zero attached hydrogens (tertiary/aromatic N) is 1. The van der Waals surface area contributed by atoms with Crippen molar-refractivity contribution < 1.29 is 13.2 Å². The predicted octanol–water partition coefficient (Wildman–Crippen LogP) is 1.63. The lowest BCUT2D eigenvalue weighted by atomic mass is 10.2. The van der Waals surface area contributed by atoms with E-state index in [1.165, 1.54) is 24.3 Å². The molecule has 0 saturated carbocycles. The Bertz CT molecular complexity index is 713. The first-order valence-corrected chi connectivity index (χ1v) is 7.83. The summed E-state index contributed by atoms with van der Waals surface area (Å²) in [4.78, 5) is 16.1. The topological polar surface area (TPSA) is 88.2 Å². The lowest BCUT2D eigenvalue weighted by molar-refractivity contribution is 0.102. The van der Waals surface area contributed by atoms with Gasteiger partial charge in [-0.3, -0.25) is 4.79 Å². The molecule has 0 spiro atoms. The van der Waals surface area contributed by atoms with Crippen molar-refractivity contribution >= 4 is 21.7 Å². The minimum absolute atomic E-state index is 0.124. The molecule has 0 unspecified atom stereocenters. The van der Waals surface area contributed by atoms with E-state index in [0.29, 0.717) is 17.9 Å². The number of carbonyl (C=O) groups is 1. The van der Waals surface area contributed by atoms with E-state index < -0.39 is 10.0 Å². The summed E-state index contributed by atoms with van der Waals surface area (Å²) in [7, 11) is -3.51. The number of anilines is 1. The van der Waals surface area contributed by atoms with Crippen LogP contribution in [0.5, 0.6) is 0 Å². The van der Waals surface area contributed by atoms with Crippen LogP contribution < -0.4 is 10.0 Å². The molecule has 2 aromatic rings. The average Bonchev–Trinajstić information content (AvgIpc) is 2.48. The summed E-state index contributed by atoms with van der Waals surface area (Å²) < 4.78 is 26.0. The van der Waals surface area contributed by atoms with Crippen LogP contribution in [0.3, 0.4) is 0 Å². The van der Waals surface area contributed by atoms with Crippen LogP contribution >= 0.6 is 0 Å². The molecule has 1 amide bonds. The summed E-state index contributed by atoms with van der Waals surface area (Å²) in [5, 5.41) is 2.63. The number of amides is 1. The fourth-order valence-corrected chi connectivity index (χ4v) is 2.73. The monoisotopic (exact) mass is 305 g/mol. The highest BCUT2D eigenvalue weighted by Gasteiger charge is 2.13. The molecule has 0 aliphatic rings. The van der Waals surface area contributed by atoms with Gasteiger partial charge in [-0.1, -0.05) is 13.0 Å². The molecule has 7 heteroatoms. The number of carbonyl (C=O) groups excluding carboxylic acids is 1. The zero-order chi connectivity index (χ0) is 15.3. The molecule has 110 valence electrons. The lowest BCUT2D eigenvalue weighted by Crippen LogP contribution is -2.23. The minimum Gasteiger partial charge on any atom is -0.307 e. The van der Waals surface area contributed by atoms with Crippen LogP contribution in [0.1, 0.15) is 17.3 Å². The van der Waals surface area contributed by atoms with Gasteiger partial charge < -0.3 is 5.32 Å². The van der Waals surface area contributed by atoms with Crippen LogP contribution in [0.25, 0.3) is 0 Å². The van der Waals surface area contributed by atoms with E-state index in [9.17, 15) is 13.2 Å². The Hall–Kier alpha value is -2.25. The van der Waals surface area contributed by atoms with Crippen LogP contribution in [-0.2, 0) is 10.0 Å². The number of sulfonamides is 1. The molecular weight excluding hydrogens is 290 g/mol. The van der Waals surface area contributed by atoms with Crippen LogP contribution in [0, 0.1) is 0 Å². The first kappa shape index (κ1) is 15.1. The third-order valence-electron chi connectivity index (χ3n) is 2.67. The van der Waals surface area contributed by atoms with Gasteiger partial charge in [0.25, 0.3) is 5.91 Å². The number of aromatic nitrogens is 1. The lowest BCUT2D eigenvalue weighted by Gasteiger charge is -2.06. The quantitative estimate of drug-likeness (QED) is 0.879. The third-order valence-corrected chi connectivity index (χ3v) is 4.23. The number of hydrogen-bond donors (Lipinski definition) is 2. The molecule has 1 heterocycles.